The number of benzene rings is 1. The summed E-state index contributed by atoms with van der Waals surface area (Å²) in [6, 6.07) is 5.36. The highest BCUT2D eigenvalue weighted by Gasteiger charge is 2.18. The standard InChI is InChI=1S/C16H22FN3/c1-5-8-18-16(14-10-19-20(4)12(14)3)13-6-7-15(17)11(2)9-13/h6-7,9-10,16,18H,5,8H2,1-4H3. The second kappa shape index (κ2) is 6.18. The maximum atomic E-state index is 13.5. The summed E-state index contributed by atoms with van der Waals surface area (Å²) in [6.07, 6.45) is 2.94. The van der Waals surface area contributed by atoms with Gasteiger partial charge in [-0.1, -0.05) is 19.1 Å². The van der Waals surface area contributed by atoms with Gasteiger partial charge in [0.25, 0.3) is 0 Å². The Bertz CT molecular complexity index is 589. The fraction of sp³-hybridized carbons (Fsp3) is 0.438. The molecule has 0 fully saturated rings. The van der Waals surface area contributed by atoms with Gasteiger partial charge in [0, 0.05) is 18.3 Å². The largest absolute Gasteiger partial charge is 0.306 e. The molecule has 1 aromatic carbocycles. The minimum atomic E-state index is -0.161. The molecule has 2 aromatic rings. The zero-order valence-corrected chi connectivity index (χ0v) is 12.6. The Labute approximate surface area is 119 Å². The van der Waals surface area contributed by atoms with Crippen molar-refractivity contribution < 1.29 is 4.39 Å². The number of aromatic nitrogens is 2. The highest BCUT2D eigenvalue weighted by Crippen LogP contribution is 2.26. The van der Waals surface area contributed by atoms with E-state index in [9.17, 15) is 4.39 Å². The van der Waals surface area contributed by atoms with Crippen molar-refractivity contribution in [2.75, 3.05) is 6.54 Å². The first-order valence-electron chi connectivity index (χ1n) is 7.02. The summed E-state index contributed by atoms with van der Waals surface area (Å²) in [6.45, 7) is 6.90. The minimum Gasteiger partial charge on any atom is -0.306 e. The molecular weight excluding hydrogens is 253 g/mol. The summed E-state index contributed by atoms with van der Waals surface area (Å²) < 4.78 is 15.3. The van der Waals surface area contributed by atoms with Crippen molar-refractivity contribution in [3.05, 3.63) is 52.6 Å². The second-order valence-corrected chi connectivity index (χ2v) is 5.20. The molecule has 1 atom stereocenters. The summed E-state index contributed by atoms with van der Waals surface area (Å²) in [4.78, 5) is 0. The van der Waals surface area contributed by atoms with Gasteiger partial charge in [0.1, 0.15) is 5.82 Å². The van der Waals surface area contributed by atoms with Crippen LogP contribution in [0.5, 0.6) is 0 Å². The Balaban J connectivity index is 2.41. The van der Waals surface area contributed by atoms with Crippen LogP contribution in [0.15, 0.2) is 24.4 Å². The third kappa shape index (κ3) is 2.90. The lowest BCUT2D eigenvalue weighted by atomic mass is 9.97. The van der Waals surface area contributed by atoms with Crippen LogP contribution in [0.4, 0.5) is 4.39 Å². The minimum absolute atomic E-state index is 0.0583. The van der Waals surface area contributed by atoms with E-state index in [1.807, 2.05) is 30.1 Å². The van der Waals surface area contributed by atoms with E-state index in [1.54, 1.807) is 6.92 Å². The maximum Gasteiger partial charge on any atom is 0.126 e. The highest BCUT2D eigenvalue weighted by atomic mass is 19.1. The monoisotopic (exact) mass is 275 g/mol. The number of halogens is 1. The Morgan fingerprint density at radius 2 is 2.10 bits per heavy atom. The molecule has 0 saturated carbocycles. The van der Waals surface area contributed by atoms with Gasteiger partial charge in [-0.3, -0.25) is 4.68 Å². The van der Waals surface area contributed by atoms with Gasteiger partial charge in [0.05, 0.1) is 12.2 Å². The number of nitrogens with zero attached hydrogens (tertiary/aromatic N) is 2. The van der Waals surface area contributed by atoms with Crippen molar-refractivity contribution in [2.24, 2.45) is 7.05 Å². The molecule has 1 unspecified atom stereocenters. The number of hydrogen-bond acceptors (Lipinski definition) is 2. The van der Waals surface area contributed by atoms with E-state index in [1.165, 1.54) is 6.07 Å². The molecule has 1 aromatic heterocycles. The van der Waals surface area contributed by atoms with Crippen LogP contribution in [0.1, 0.15) is 41.8 Å². The maximum absolute atomic E-state index is 13.5. The van der Waals surface area contributed by atoms with Crippen LogP contribution in [0.25, 0.3) is 0 Å². The number of aryl methyl sites for hydroxylation is 2. The van der Waals surface area contributed by atoms with Gasteiger partial charge in [-0.2, -0.15) is 5.10 Å². The molecule has 1 heterocycles. The SMILES string of the molecule is CCCNC(c1ccc(F)c(C)c1)c1cnn(C)c1C. The van der Waals surface area contributed by atoms with E-state index in [0.717, 1.165) is 29.8 Å². The fourth-order valence-electron chi connectivity index (χ4n) is 2.34. The average Bonchev–Trinajstić information content (AvgIpc) is 2.75. The molecule has 0 bridgehead atoms. The van der Waals surface area contributed by atoms with E-state index in [-0.39, 0.29) is 11.9 Å². The average molecular weight is 275 g/mol. The Kier molecular flexibility index (Phi) is 4.55. The lowest BCUT2D eigenvalue weighted by Crippen LogP contribution is -2.23. The van der Waals surface area contributed by atoms with Crippen molar-refractivity contribution >= 4 is 0 Å². The van der Waals surface area contributed by atoms with E-state index in [0.29, 0.717) is 5.56 Å². The zero-order chi connectivity index (χ0) is 14.7. The van der Waals surface area contributed by atoms with Crippen molar-refractivity contribution in [3.8, 4) is 0 Å². The third-order valence-corrected chi connectivity index (χ3v) is 3.70. The zero-order valence-electron chi connectivity index (χ0n) is 12.6. The first-order valence-corrected chi connectivity index (χ1v) is 7.02. The fourth-order valence-corrected chi connectivity index (χ4v) is 2.34. The molecule has 0 aliphatic heterocycles. The van der Waals surface area contributed by atoms with Crippen LogP contribution in [-0.4, -0.2) is 16.3 Å². The third-order valence-electron chi connectivity index (χ3n) is 3.70. The topological polar surface area (TPSA) is 29.9 Å². The van der Waals surface area contributed by atoms with Gasteiger partial charge in [-0.05, 0) is 44.0 Å². The lowest BCUT2D eigenvalue weighted by Gasteiger charge is -2.19. The molecule has 0 radical (unpaired) electrons. The van der Waals surface area contributed by atoms with Crippen LogP contribution < -0.4 is 5.32 Å². The van der Waals surface area contributed by atoms with E-state index in [4.69, 9.17) is 0 Å². The van der Waals surface area contributed by atoms with Crippen LogP contribution >= 0.6 is 0 Å². The van der Waals surface area contributed by atoms with Gasteiger partial charge in [0.15, 0.2) is 0 Å². The Morgan fingerprint density at radius 3 is 2.65 bits per heavy atom. The van der Waals surface area contributed by atoms with Crippen LogP contribution in [0, 0.1) is 19.7 Å². The normalized spacial score (nSPS) is 12.7. The number of rotatable bonds is 5. The molecular formula is C16H22FN3. The molecule has 0 saturated heterocycles. The van der Waals surface area contributed by atoms with Gasteiger partial charge in [0.2, 0.25) is 0 Å². The summed E-state index contributed by atoms with van der Waals surface area (Å²) in [5, 5.41) is 7.84. The predicted molar refractivity (Wildman–Crippen MR) is 79.2 cm³/mol. The molecule has 108 valence electrons. The summed E-state index contributed by atoms with van der Waals surface area (Å²) >= 11 is 0. The van der Waals surface area contributed by atoms with E-state index in [2.05, 4.69) is 24.3 Å². The van der Waals surface area contributed by atoms with Crippen molar-refractivity contribution in [1.82, 2.24) is 15.1 Å². The Hall–Kier alpha value is -1.68. The molecule has 20 heavy (non-hydrogen) atoms. The smallest absolute Gasteiger partial charge is 0.126 e. The molecule has 0 aliphatic carbocycles. The van der Waals surface area contributed by atoms with E-state index < -0.39 is 0 Å². The van der Waals surface area contributed by atoms with Gasteiger partial charge < -0.3 is 5.32 Å². The number of hydrogen-bond donors (Lipinski definition) is 1. The van der Waals surface area contributed by atoms with Crippen molar-refractivity contribution in [3.63, 3.8) is 0 Å². The second-order valence-electron chi connectivity index (χ2n) is 5.20. The van der Waals surface area contributed by atoms with Gasteiger partial charge >= 0.3 is 0 Å². The van der Waals surface area contributed by atoms with Crippen LogP contribution in [0.3, 0.4) is 0 Å². The van der Waals surface area contributed by atoms with Crippen LogP contribution in [-0.2, 0) is 7.05 Å². The summed E-state index contributed by atoms with van der Waals surface area (Å²) in [7, 11) is 1.94. The summed E-state index contributed by atoms with van der Waals surface area (Å²) in [5.41, 5.74) is 4.02. The Morgan fingerprint density at radius 1 is 1.35 bits per heavy atom. The number of nitrogens with one attached hydrogen (secondary N) is 1. The van der Waals surface area contributed by atoms with Crippen molar-refractivity contribution in [2.45, 2.75) is 33.2 Å². The molecule has 3 nitrogen and oxygen atoms in total. The quantitative estimate of drug-likeness (QED) is 0.907. The van der Waals surface area contributed by atoms with Gasteiger partial charge in [-0.15, -0.1) is 0 Å². The molecule has 0 amide bonds. The molecule has 4 heteroatoms. The lowest BCUT2D eigenvalue weighted by molar-refractivity contribution is 0.587. The van der Waals surface area contributed by atoms with E-state index >= 15 is 0 Å². The molecule has 1 N–H and O–H groups in total. The molecule has 2 rings (SSSR count). The van der Waals surface area contributed by atoms with Crippen molar-refractivity contribution in [1.29, 1.82) is 0 Å². The highest BCUT2D eigenvalue weighted by molar-refractivity contribution is 5.35. The first kappa shape index (κ1) is 14.7. The first-order chi connectivity index (χ1) is 9.54. The van der Waals surface area contributed by atoms with Gasteiger partial charge in [-0.25, -0.2) is 4.39 Å². The molecule has 0 aliphatic rings. The molecule has 0 spiro atoms. The predicted octanol–water partition coefficient (Wildman–Crippen LogP) is 3.27. The summed E-state index contributed by atoms with van der Waals surface area (Å²) in [5.74, 6) is -0.161. The van der Waals surface area contributed by atoms with Crippen LogP contribution in [0.2, 0.25) is 0 Å².